The molecule has 0 unspecified atom stereocenters. The Morgan fingerprint density at radius 2 is 0.435 bits per heavy atom. The second-order valence-corrected chi connectivity index (χ2v) is 18.6. The third-order valence-corrected chi connectivity index (χ3v) is 11.8. The van der Waals surface area contributed by atoms with Gasteiger partial charge in [0.15, 0.2) is 0 Å². The maximum absolute atomic E-state index is 10.2. The number of rotatable bonds is 48. The van der Waals surface area contributed by atoms with E-state index in [0.717, 1.165) is 70.6 Å². The zero-order chi connectivity index (χ0) is 49.7. The van der Waals surface area contributed by atoms with Crippen LogP contribution in [-0.4, -0.2) is 61.6 Å². The van der Waals surface area contributed by atoms with Crippen LogP contribution < -0.4 is 56.1 Å². The van der Waals surface area contributed by atoms with Crippen LogP contribution >= 0.6 is 0 Å². The monoisotopic (exact) mass is 1010 g/mol. The Balaban J connectivity index is -0.000000149. The summed E-state index contributed by atoms with van der Waals surface area (Å²) in [5, 5.41) is 40.5. The SMILES string of the molecule is CCCCC/C=C\C/C=C\CCCCCCCC(=O)[O-].CCCCCCCCCC(=O)[O-].CCCCCCCCCCCC(=O)[O-].CCCCCCCCCCCCCCCCCC(=O)[O-].[Ca+2].[NH4+].[Na+]. The number of carboxylic acid groups (broad SMARTS) is 4. The number of carbonyl (C=O) groups excluding carboxylic acids is 4. The third-order valence-electron chi connectivity index (χ3n) is 11.8. The van der Waals surface area contributed by atoms with Gasteiger partial charge in [0.05, 0.1) is 0 Å². The molecule has 0 aliphatic rings. The molecule has 400 valence electrons. The van der Waals surface area contributed by atoms with Crippen molar-refractivity contribution < 1.29 is 69.2 Å². The Morgan fingerprint density at radius 1 is 0.275 bits per heavy atom. The Labute approximate surface area is 480 Å². The van der Waals surface area contributed by atoms with Crippen molar-refractivity contribution in [3.05, 3.63) is 24.3 Å². The van der Waals surface area contributed by atoms with Crippen LogP contribution in [0, 0.1) is 0 Å². The maximum Gasteiger partial charge on any atom is 2.00 e. The Hall–Kier alpha value is -0.420. The van der Waals surface area contributed by atoms with E-state index in [0.29, 0.717) is 0 Å². The normalized spacial score (nSPS) is 10.4. The van der Waals surface area contributed by atoms with Crippen LogP contribution in [0.2, 0.25) is 0 Å². The number of hydrogen-bond acceptors (Lipinski definition) is 8. The van der Waals surface area contributed by atoms with E-state index in [1.807, 2.05) is 0 Å². The largest absolute Gasteiger partial charge is 2.00 e. The average molecular weight is 1010 g/mol. The summed E-state index contributed by atoms with van der Waals surface area (Å²) in [6.07, 6.45) is 61.3. The zero-order valence-corrected chi connectivity index (χ0v) is 51.0. The quantitative estimate of drug-likeness (QED) is 0.0353. The number of carbonyl (C=O) groups is 4. The van der Waals surface area contributed by atoms with Gasteiger partial charge < -0.3 is 45.8 Å². The first kappa shape index (κ1) is 82.6. The summed E-state index contributed by atoms with van der Waals surface area (Å²) in [6.45, 7) is 8.91. The summed E-state index contributed by atoms with van der Waals surface area (Å²) < 4.78 is 0. The summed E-state index contributed by atoms with van der Waals surface area (Å²) >= 11 is 0. The fraction of sp³-hybridized carbons (Fsp3) is 0.862. The van der Waals surface area contributed by atoms with Gasteiger partial charge in [-0.3, -0.25) is 0 Å². The summed E-state index contributed by atoms with van der Waals surface area (Å²) in [5.41, 5.74) is 0. The number of hydrogen-bond donors (Lipinski definition) is 1. The van der Waals surface area contributed by atoms with Crippen molar-refractivity contribution in [3.63, 3.8) is 0 Å². The molecular weight excluding hydrogens is 902 g/mol. The Morgan fingerprint density at radius 3 is 0.638 bits per heavy atom. The Kier molecular flexibility index (Phi) is 94.6. The van der Waals surface area contributed by atoms with Crippen molar-refractivity contribution in [2.24, 2.45) is 0 Å². The molecule has 11 heteroatoms. The van der Waals surface area contributed by atoms with Crippen LogP contribution in [0.4, 0.5) is 0 Å². The molecule has 9 nitrogen and oxygen atoms in total. The van der Waals surface area contributed by atoms with Gasteiger partial charge in [-0.1, -0.05) is 264 Å². The van der Waals surface area contributed by atoms with Gasteiger partial charge >= 0.3 is 67.3 Å². The van der Waals surface area contributed by atoms with E-state index in [1.165, 1.54) is 199 Å². The molecular formula is C58H112CaNNaO8. The van der Waals surface area contributed by atoms with Crippen LogP contribution in [0.15, 0.2) is 24.3 Å². The van der Waals surface area contributed by atoms with Crippen molar-refractivity contribution in [3.8, 4) is 0 Å². The van der Waals surface area contributed by atoms with Crippen molar-refractivity contribution in [1.29, 1.82) is 0 Å². The van der Waals surface area contributed by atoms with Crippen LogP contribution in [0.5, 0.6) is 0 Å². The van der Waals surface area contributed by atoms with E-state index in [2.05, 4.69) is 52.0 Å². The average Bonchev–Trinajstić information content (AvgIpc) is 3.28. The topological polar surface area (TPSA) is 197 Å². The van der Waals surface area contributed by atoms with Crippen LogP contribution in [0.25, 0.3) is 0 Å². The molecule has 0 aromatic carbocycles. The number of unbranched alkanes of at least 4 members (excludes halogenated alkanes) is 36. The molecule has 0 spiro atoms. The molecule has 0 aliphatic heterocycles. The van der Waals surface area contributed by atoms with Crippen molar-refractivity contribution >= 4 is 61.6 Å². The molecule has 69 heavy (non-hydrogen) atoms. The van der Waals surface area contributed by atoms with Gasteiger partial charge in [-0.05, 0) is 83.5 Å². The molecule has 0 atom stereocenters. The van der Waals surface area contributed by atoms with Crippen LogP contribution in [0.3, 0.4) is 0 Å². The van der Waals surface area contributed by atoms with Crippen molar-refractivity contribution in [2.45, 2.75) is 323 Å². The van der Waals surface area contributed by atoms with Gasteiger partial charge in [0.25, 0.3) is 0 Å². The first-order chi connectivity index (χ1) is 32.1. The molecule has 0 aromatic rings. The van der Waals surface area contributed by atoms with Crippen LogP contribution in [0.1, 0.15) is 323 Å². The van der Waals surface area contributed by atoms with Crippen molar-refractivity contribution in [1.82, 2.24) is 6.15 Å². The van der Waals surface area contributed by atoms with Crippen LogP contribution in [-0.2, 0) is 19.2 Å². The van der Waals surface area contributed by atoms with Gasteiger partial charge in [-0.25, -0.2) is 0 Å². The fourth-order valence-electron chi connectivity index (χ4n) is 7.53. The minimum Gasteiger partial charge on any atom is -0.550 e. The standard InChI is InChI=1S/C18H36O2.C18H32O2.C12H24O2.C10H20O2.Ca.H3N.Na/c2*1-2-3-4-5-6-7-8-9-10-11-12-13-14-15-16-17-18(19)20;1-2-3-4-5-6-7-8-9-10-11-12(13)14;1-2-3-4-5-6-7-8-9-10(11)12;;;/h2-17H2,1H3,(H,19,20);6-7,9-10H,2-5,8,11-17H2,1H3,(H,19,20);2-11H2,1H3,(H,13,14);2-9H2,1H3,(H,11,12);;1H3;/q;;;;+2;;+1/p-3/b;7-6-,10-9-;;;;;. The first-order valence-electron chi connectivity index (χ1n) is 28.2. The molecule has 0 bridgehead atoms. The summed E-state index contributed by atoms with van der Waals surface area (Å²) in [7, 11) is 0. The molecule has 0 heterocycles. The number of quaternary nitrogens is 1. The molecule has 0 rings (SSSR count). The molecule has 0 aromatic heterocycles. The van der Waals surface area contributed by atoms with Gasteiger partial charge in [-0.2, -0.15) is 0 Å². The predicted molar refractivity (Wildman–Crippen MR) is 285 cm³/mol. The first-order valence-corrected chi connectivity index (χ1v) is 28.2. The minimum absolute atomic E-state index is 0. The molecule has 0 radical (unpaired) electrons. The van der Waals surface area contributed by atoms with Gasteiger partial charge in [0.2, 0.25) is 0 Å². The molecule has 0 aliphatic carbocycles. The predicted octanol–water partition coefficient (Wildman–Crippen LogP) is 11.1. The molecule has 4 N–H and O–H groups in total. The number of aliphatic carboxylic acids is 4. The summed E-state index contributed by atoms with van der Waals surface area (Å²) in [5.74, 6) is -3.65. The maximum atomic E-state index is 10.2. The van der Waals surface area contributed by atoms with E-state index < -0.39 is 23.9 Å². The van der Waals surface area contributed by atoms with E-state index >= 15 is 0 Å². The second-order valence-electron chi connectivity index (χ2n) is 18.6. The Bertz CT molecular complexity index is 1050. The minimum atomic E-state index is -0.921. The van der Waals surface area contributed by atoms with E-state index in [9.17, 15) is 39.6 Å². The van der Waals surface area contributed by atoms with Gasteiger partial charge in [0, 0.05) is 23.9 Å². The van der Waals surface area contributed by atoms with E-state index in [-0.39, 0.29) is 99.1 Å². The fourth-order valence-corrected chi connectivity index (χ4v) is 7.53. The van der Waals surface area contributed by atoms with Gasteiger partial charge in [0.1, 0.15) is 0 Å². The van der Waals surface area contributed by atoms with E-state index in [4.69, 9.17) is 0 Å². The molecule has 0 fully saturated rings. The molecule has 0 amide bonds. The zero-order valence-electron chi connectivity index (χ0n) is 46.8. The third kappa shape index (κ3) is 101. The van der Waals surface area contributed by atoms with Crippen molar-refractivity contribution in [2.75, 3.05) is 0 Å². The summed E-state index contributed by atoms with van der Waals surface area (Å²) in [6, 6.07) is 0. The smallest absolute Gasteiger partial charge is 0.550 e. The molecule has 0 saturated heterocycles. The second kappa shape index (κ2) is 79.0. The van der Waals surface area contributed by atoms with Gasteiger partial charge in [-0.15, -0.1) is 0 Å². The molecule has 0 saturated carbocycles. The van der Waals surface area contributed by atoms with E-state index in [1.54, 1.807) is 0 Å². The summed E-state index contributed by atoms with van der Waals surface area (Å²) in [4.78, 5) is 40.5. The number of allylic oxidation sites excluding steroid dienone is 4. The number of carboxylic acids is 4.